The van der Waals surface area contributed by atoms with E-state index in [0.29, 0.717) is 16.9 Å². The molecule has 0 aliphatic carbocycles. The van der Waals surface area contributed by atoms with Gasteiger partial charge in [-0.3, -0.25) is 4.79 Å². The van der Waals surface area contributed by atoms with Gasteiger partial charge in [-0.15, -0.1) is 10.2 Å². The molecule has 3 aromatic rings. The summed E-state index contributed by atoms with van der Waals surface area (Å²) < 4.78 is 39.4. The lowest BCUT2D eigenvalue weighted by molar-refractivity contribution is -0.137. The molecule has 0 unspecified atom stereocenters. The van der Waals surface area contributed by atoms with Gasteiger partial charge in [0.2, 0.25) is 11.7 Å². The number of amides is 1. The second kappa shape index (κ2) is 6.71. The number of hydrogen-bond acceptors (Lipinski definition) is 5. The van der Waals surface area contributed by atoms with E-state index in [1.165, 1.54) is 17.9 Å². The van der Waals surface area contributed by atoms with Crippen LogP contribution >= 0.6 is 0 Å². The zero-order valence-electron chi connectivity index (χ0n) is 14.4. The number of primary amides is 1. The Kier molecular flexibility index (Phi) is 4.56. The van der Waals surface area contributed by atoms with Crippen molar-refractivity contribution in [1.82, 2.24) is 20.2 Å². The third kappa shape index (κ3) is 3.73. The highest BCUT2D eigenvalue weighted by Crippen LogP contribution is 2.38. The summed E-state index contributed by atoms with van der Waals surface area (Å²) in [5.41, 5.74) is 6.01. The Morgan fingerprint density at radius 3 is 2.33 bits per heavy atom. The highest BCUT2D eigenvalue weighted by Gasteiger charge is 2.32. The molecule has 140 valence electrons. The normalized spacial score (nSPS) is 11.4. The van der Waals surface area contributed by atoms with Gasteiger partial charge in [-0.05, 0) is 47.7 Å². The number of nitrogens with two attached hydrogens (primary N) is 1. The van der Waals surface area contributed by atoms with Gasteiger partial charge < -0.3 is 10.6 Å². The second-order valence-electron chi connectivity index (χ2n) is 5.80. The van der Waals surface area contributed by atoms with Crippen LogP contribution in [0.4, 0.5) is 24.5 Å². The third-order valence-corrected chi connectivity index (χ3v) is 3.97. The van der Waals surface area contributed by atoms with E-state index in [0.717, 1.165) is 12.1 Å². The Morgan fingerprint density at radius 2 is 1.81 bits per heavy atom. The summed E-state index contributed by atoms with van der Waals surface area (Å²) in [5, 5.41) is 11.5. The van der Waals surface area contributed by atoms with Crippen molar-refractivity contribution in [3.05, 3.63) is 53.6 Å². The maximum absolute atomic E-state index is 13.1. The van der Waals surface area contributed by atoms with Gasteiger partial charge in [0, 0.05) is 23.9 Å². The van der Waals surface area contributed by atoms with Crippen molar-refractivity contribution in [3.8, 4) is 11.4 Å². The van der Waals surface area contributed by atoms with Crippen LogP contribution in [0.1, 0.15) is 15.9 Å². The van der Waals surface area contributed by atoms with Crippen LogP contribution in [0.25, 0.3) is 11.4 Å². The number of carbonyl (C=O) groups is 1. The number of tetrazole rings is 1. The Labute approximate surface area is 152 Å². The molecule has 0 radical (unpaired) electrons. The Hall–Kier alpha value is -3.43. The van der Waals surface area contributed by atoms with E-state index in [1.807, 2.05) is 0 Å². The van der Waals surface area contributed by atoms with Crippen molar-refractivity contribution in [1.29, 1.82) is 0 Å². The molecule has 7 nitrogen and oxygen atoms in total. The van der Waals surface area contributed by atoms with Gasteiger partial charge in [-0.1, -0.05) is 0 Å². The Balaban J connectivity index is 2.09. The molecule has 3 rings (SSSR count). The molecule has 1 amide bonds. The molecule has 1 heterocycles. The Morgan fingerprint density at radius 1 is 1.15 bits per heavy atom. The van der Waals surface area contributed by atoms with Gasteiger partial charge in [0.05, 0.1) is 18.3 Å². The number of anilines is 2. The number of alkyl halides is 3. The van der Waals surface area contributed by atoms with Crippen LogP contribution in [0.3, 0.4) is 0 Å². The lowest BCUT2D eigenvalue weighted by Gasteiger charge is -2.23. The average Bonchev–Trinajstić information content (AvgIpc) is 3.06. The number of aromatic nitrogens is 4. The van der Waals surface area contributed by atoms with E-state index in [4.69, 9.17) is 5.73 Å². The van der Waals surface area contributed by atoms with Gasteiger partial charge in [-0.25, -0.2) is 0 Å². The maximum atomic E-state index is 13.1. The first-order valence-corrected chi connectivity index (χ1v) is 7.76. The lowest BCUT2D eigenvalue weighted by Crippen LogP contribution is -2.14. The molecule has 0 fully saturated rings. The third-order valence-electron chi connectivity index (χ3n) is 3.97. The fourth-order valence-electron chi connectivity index (χ4n) is 2.56. The SMILES string of the molecule is CN(c1ccc(C(N)=O)cc1)c1ccc(C(F)(F)F)cc1-c1nnn(C)n1. The van der Waals surface area contributed by atoms with Crippen LogP contribution in [0.5, 0.6) is 0 Å². The van der Waals surface area contributed by atoms with Crippen molar-refractivity contribution < 1.29 is 18.0 Å². The van der Waals surface area contributed by atoms with E-state index < -0.39 is 17.6 Å². The average molecular weight is 376 g/mol. The van der Waals surface area contributed by atoms with Crippen LogP contribution < -0.4 is 10.6 Å². The molecular weight excluding hydrogens is 361 g/mol. The first-order chi connectivity index (χ1) is 12.7. The van der Waals surface area contributed by atoms with Gasteiger partial charge in [0.25, 0.3) is 0 Å². The number of aryl methyl sites for hydroxylation is 1. The molecule has 2 N–H and O–H groups in total. The topological polar surface area (TPSA) is 89.9 Å². The number of benzene rings is 2. The van der Waals surface area contributed by atoms with E-state index in [2.05, 4.69) is 15.4 Å². The van der Waals surface area contributed by atoms with Gasteiger partial charge in [0.15, 0.2) is 0 Å². The fraction of sp³-hybridized carbons (Fsp3) is 0.176. The van der Waals surface area contributed by atoms with E-state index >= 15 is 0 Å². The van der Waals surface area contributed by atoms with Crippen molar-refractivity contribution in [3.63, 3.8) is 0 Å². The maximum Gasteiger partial charge on any atom is 0.416 e. The van der Waals surface area contributed by atoms with Crippen LogP contribution in [0.15, 0.2) is 42.5 Å². The molecule has 0 atom stereocenters. The minimum Gasteiger partial charge on any atom is -0.366 e. The van der Waals surface area contributed by atoms with Crippen molar-refractivity contribution in [2.75, 3.05) is 11.9 Å². The summed E-state index contributed by atoms with van der Waals surface area (Å²) in [6.07, 6.45) is -4.50. The number of hydrogen-bond donors (Lipinski definition) is 1. The number of nitrogens with zero attached hydrogens (tertiary/aromatic N) is 5. The smallest absolute Gasteiger partial charge is 0.366 e. The van der Waals surface area contributed by atoms with Gasteiger partial charge >= 0.3 is 6.18 Å². The van der Waals surface area contributed by atoms with Crippen molar-refractivity contribution >= 4 is 17.3 Å². The predicted molar refractivity (Wildman–Crippen MR) is 92.3 cm³/mol. The van der Waals surface area contributed by atoms with E-state index in [1.54, 1.807) is 36.2 Å². The van der Waals surface area contributed by atoms with E-state index in [9.17, 15) is 18.0 Å². The highest BCUT2D eigenvalue weighted by molar-refractivity contribution is 5.93. The van der Waals surface area contributed by atoms with Gasteiger partial charge in [-0.2, -0.15) is 18.0 Å². The molecule has 1 aromatic heterocycles. The summed E-state index contributed by atoms with van der Waals surface area (Å²) >= 11 is 0. The molecule has 10 heteroatoms. The second-order valence-corrected chi connectivity index (χ2v) is 5.80. The summed E-state index contributed by atoms with van der Waals surface area (Å²) in [4.78, 5) is 14.0. The lowest BCUT2D eigenvalue weighted by atomic mass is 10.1. The fourth-order valence-corrected chi connectivity index (χ4v) is 2.56. The first-order valence-electron chi connectivity index (χ1n) is 7.76. The molecular formula is C17H15F3N6O. The molecule has 0 aliphatic heterocycles. The van der Waals surface area contributed by atoms with Crippen molar-refractivity contribution in [2.24, 2.45) is 12.8 Å². The van der Waals surface area contributed by atoms with Crippen LogP contribution in [-0.2, 0) is 13.2 Å². The number of carbonyl (C=O) groups excluding carboxylic acids is 1. The summed E-state index contributed by atoms with van der Waals surface area (Å²) in [5.74, 6) is -0.498. The quantitative estimate of drug-likeness (QED) is 0.756. The monoisotopic (exact) mass is 376 g/mol. The molecule has 2 aromatic carbocycles. The van der Waals surface area contributed by atoms with Crippen molar-refractivity contribution in [2.45, 2.75) is 6.18 Å². The highest BCUT2D eigenvalue weighted by atomic mass is 19.4. The Bertz CT molecular complexity index is 981. The molecule has 0 aliphatic rings. The zero-order chi connectivity index (χ0) is 19.8. The molecule has 0 saturated carbocycles. The van der Waals surface area contributed by atoms with Gasteiger partial charge in [0.1, 0.15) is 0 Å². The molecule has 0 spiro atoms. The summed E-state index contributed by atoms with van der Waals surface area (Å²) in [7, 11) is 3.21. The first kappa shape index (κ1) is 18.4. The minimum absolute atomic E-state index is 0.0687. The number of rotatable bonds is 4. The predicted octanol–water partition coefficient (Wildman–Crippen LogP) is 2.76. The largest absolute Gasteiger partial charge is 0.416 e. The number of halogens is 3. The molecule has 0 saturated heterocycles. The van der Waals surface area contributed by atoms with Crippen LogP contribution in [-0.4, -0.2) is 33.2 Å². The molecule has 27 heavy (non-hydrogen) atoms. The van der Waals surface area contributed by atoms with Crippen LogP contribution in [0.2, 0.25) is 0 Å². The zero-order valence-corrected chi connectivity index (χ0v) is 14.4. The summed E-state index contributed by atoms with van der Waals surface area (Å²) in [6, 6.07) is 9.69. The summed E-state index contributed by atoms with van der Waals surface area (Å²) in [6.45, 7) is 0. The van der Waals surface area contributed by atoms with Crippen LogP contribution in [0, 0.1) is 0 Å². The van der Waals surface area contributed by atoms with E-state index in [-0.39, 0.29) is 11.4 Å². The standard InChI is InChI=1S/C17H15F3N6O/c1-25(12-6-3-10(4-7-12)15(21)27)14-8-5-11(17(18,19)20)9-13(14)16-22-24-26(2)23-16/h3-9H,1-2H3,(H2,21,27). The molecule has 0 bridgehead atoms. The minimum atomic E-state index is -4.50.